The standard InChI is InChI=1S/C21H26F3N3O2/c1-12-10-16-17(11-13(12)2)27(20(29)18(26-16)21(22,23)24)14(3)19(28)25-15-8-6-4-5-7-9-15/h10-11,14-15H,4-9H2,1-3H3,(H,25,28)/t14-/m0/s1. The fraction of sp³-hybridized carbons (Fsp3) is 0.571. The Morgan fingerprint density at radius 2 is 1.72 bits per heavy atom. The summed E-state index contributed by atoms with van der Waals surface area (Å²) in [6.45, 7) is 5.03. The van der Waals surface area contributed by atoms with Gasteiger partial charge in [-0.15, -0.1) is 0 Å². The second-order valence-corrected chi connectivity index (χ2v) is 7.93. The Kier molecular flexibility index (Phi) is 6.00. The fourth-order valence-electron chi connectivity index (χ4n) is 3.89. The van der Waals surface area contributed by atoms with Crippen LogP contribution in [-0.2, 0) is 11.0 Å². The Labute approximate surface area is 167 Å². The van der Waals surface area contributed by atoms with Gasteiger partial charge in [-0.3, -0.25) is 14.2 Å². The largest absolute Gasteiger partial charge is 0.438 e. The molecule has 0 unspecified atom stereocenters. The lowest BCUT2D eigenvalue weighted by molar-refractivity contribution is -0.142. The molecule has 1 heterocycles. The van der Waals surface area contributed by atoms with E-state index in [1.54, 1.807) is 19.9 Å². The molecule has 0 aliphatic heterocycles. The number of amides is 1. The zero-order valence-electron chi connectivity index (χ0n) is 16.9. The van der Waals surface area contributed by atoms with E-state index in [0.717, 1.165) is 54.2 Å². The molecule has 1 aliphatic carbocycles. The Morgan fingerprint density at radius 3 is 2.31 bits per heavy atom. The second kappa shape index (κ2) is 8.16. The van der Waals surface area contributed by atoms with E-state index >= 15 is 0 Å². The number of benzene rings is 1. The van der Waals surface area contributed by atoms with Crippen molar-refractivity contribution in [2.24, 2.45) is 0 Å². The minimum atomic E-state index is -4.90. The van der Waals surface area contributed by atoms with Crippen LogP contribution >= 0.6 is 0 Å². The van der Waals surface area contributed by atoms with E-state index in [-0.39, 0.29) is 17.1 Å². The van der Waals surface area contributed by atoms with Gasteiger partial charge in [0, 0.05) is 6.04 Å². The molecule has 0 spiro atoms. The molecular weight excluding hydrogens is 383 g/mol. The summed E-state index contributed by atoms with van der Waals surface area (Å²) >= 11 is 0. The highest BCUT2D eigenvalue weighted by Gasteiger charge is 2.38. The van der Waals surface area contributed by atoms with Gasteiger partial charge in [-0.05, 0) is 56.9 Å². The normalized spacial score (nSPS) is 17.2. The highest BCUT2D eigenvalue weighted by molar-refractivity contribution is 5.84. The van der Waals surface area contributed by atoms with Crippen LogP contribution in [0.4, 0.5) is 13.2 Å². The van der Waals surface area contributed by atoms with Gasteiger partial charge in [0.25, 0.3) is 5.56 Å². The molecule has 8 heteroatoms. The minimum absolute atomic E-state index is 0.0117. The molecule has 1 N–H and O–H groups in total. The van der Waals surface area contributed by atoms with Crippen molar-refractivity contribution in [3.05, 3.63) is 39.3 Å². The Balaban J connectivity index is 2.08. The summed E-state index contributed by atoms with van der Waals surface area (Å²) in [5.74, 6) is -0.446. The lowest BCUT2D eigenvalue weighted by atomic mass is 10.1. The number of carbonyl (C=O) groups is 1. The van der Waals surface area contributed by atoms with Crippen LogP contribution in [0.3, 0.4) is 0 Å². The third-order valence-electron chi connectivity index (χ3n) is 5.74. The average molecular weight is 409 g/mol. The SMILES string of the molecule is Cc1cc2nc(C(F)(F)F)c(=O)n([C@@H](C)C(=O)NC3CCCCCC3)c2cc1C. The molecule has 5 nitrogen and oxygen atoms in total. The number of aryl methyl sites for hydroxylation is 2. The molecule has 1 amide bonds. The molecule has 1 saturated carbocycles. The monoisotopic (exact) mass is 409 g/mol. The molecule has 0 radical (unpaired) electrons. The Bertz CT molecular complexity index is 974. The zero-order chi connectivity index (χ0) is 21.3. The van der Waals surface area contributed by atoms with Crippen molar-refractivity contribution in [3.8, 4) is 0 Å². The molecule has 1 fully saturated rings. The molecule has 1 atom stereocenters. The van der Waals surface area contributed by atoms with Crippen LogP contribution in [0.15, 0.2) is 16.9 Å². The average Bonchev–Trinajstić information content (AvgIpc) is 2.90. The third-order valence-corrected chi connectivity index (χ3v) is 5.74. The predicted octanol–water partition coefficient (Wildman–Crippen LogP) is 4.43. The number of carbonyl (C=O) groups excluding carboxylic acids is 1. The topological polar surface area (TPSA) is 64.0 Å². The van der Waals surface area contributed by atoms with Gasteiger partial charge < -0.3 is 5.32 Å². The van der Waals surface area contributed by atoms with Crippen LogP contribution in [0.1, 0.15) is 68.3 Å². The van der Waals surface area contributed by atoms with Crippen molar-refractivity contribution in [1.82, 2.24) is 14.9 Å². The van der Waals surface area contributed by atoms with Gasteiger partial charge in [-0.1, -0.05) is 25.7 Å². The van der Waals surface area contributed by atoms with E-state index < -0.39 is 29.4 Å². The summed E-state index contributed by atoms with van der Waals surface area (Å²) in [6.07, 6.45) is 1.03. The summed E-state index contributed by atoms with van der Waals surface area (Å²) < 4.78 is 41.3. The number of alkyl halides is 3. The van der Waals surface area contributed by atoms with E-state index in [1.807, 2.05) is 0 Å². The molecule has 0 saturated heterocycles. The Hall–Kier alpha value is -2.38. The van der Waals surface area contributed by atoms with Crippen molar-refractivity contribution in [2.45, 2.75) is 77.6 Å². The summed E-state index contributed by atoms with van der Waals surface area (Å²) in [5.41, 5.74) is -0.939. The van der Waals surface area contributed by atoms with Crippen LogP contribution < -0.4 is 10.9 Å². The number of hydrogen-bond donors (Lipinski definition) is 1. The fourth-order valence-corrected chi connectivity index (χ4v) is 3.89. The van der Waals surface area contributed by atoms with Gasteiger partial charge in [-0.2, -0.15) is 13.2 Å². The van der Waals surface area contributed by atoms with Crippen LogP contribution in [-0.4, -0.2) is 21.5 Å². The second-order valence-electron chi connectivity index (χ2n) is 7.93. The van der Waals surface area contributed by atoms with Gasteiger partial charge in [0.2, 0.25) is 11.6 Å². The maximum atomic E-state index is 13.4. The molecule has 1 aliphatic rings. The first-order valence-corrected chi connectivity index (χ1v) is 10.0. The smallest absolute Gasteiger partial charge is 0.352 e. The molecule has 29 heavy (non-hydrogen) atoms. The molecular formula is C21H26F3N3O2. The van der Waals surface area contributed by atoms with Gasteiger partial charge in [0.05, 0.1) is 11.0 Å². The maximum absolute atomic E-state index is 13.4. The number of hydrogen-bond acceptors (Lipinski definition) is 3. The van der Waals surface area contributed by atoms with E-state index in [0.29, 0.717) is 0 Å². The van der Waals surface area contributed by atoms with Gasteiger partial charge >= 0.3 is 6.18 Å². The lowest BCUT2D eigenvalue weighted by Gasteiger charge is -2.23. The first-order valence-electron chi connectivity index (χ1n) is 10.0. The van der Waals surface area contributed by atoms with Crippen molar-refractivity contribution < 1.29 is 18.0 Å². The highest BCUT2D eigenvalue weighted by atomic mass is 19.4. The lowest BCUT2D eigenvalue weighted by Crippen LogP contribution is -2.42. The van der Waals surface area contributed by atoms with Crippen LogP contribution in [0.25, 0.3) is 11.0 Å². The van der Waals surface area contributed by atoms with Gasteiger partial charge in [0.15, 0.2) is 0 Å². The highest BCUT2D eigenvalue weighted by Crippen LogP contribution is 2.28. The number of aromatic nitrogens is 2. The van der Waals surface area contributed by atoms with Crippen molar-refractivity contribution in [3.63, 3.8) is 0 Å². The van der Waals surface area contributed by atoms with E-state index in [2.05, 4.69) is 10.3 Å². The summed E-state index contributed by atoms with van der Waals surface area (Å²) in [5, 5.41) is 2.93. The Morgan fingerprint density at radius 1 is 1.14 bits per heavy atom. The number of halogens is 3. The van der Waals surface area contributed by atoms with E-state index in [9.17, 15) is 22.8 Å². The maximum Gasteiger partial charge on any atom is 0.438 e. The molecule has 1 aromatic heterocycles. The number of rotatable bonds is 3. The molecule has 3 rings (SSSR count). The summed E-state index contributed by atoms with van der Waals surface area (Å²) in [6, 6.07) is 2.04. The molecule has 158 valence electrons. The quantitative estimate of drug-likeness (QED) is 0.763. The van der Waals surface area contributed by atoms with Crippen LogP contribution in [0.2, 0.25) is 0 Å². The summed E-state index contributed by atoms with van der Waals surface area (Å²) in [4.78, 5) is 29.2. The minimum Gasteiger partial charge on any atom is -0.352 e. The number of nitrogens with zero attached hydrogens (tertiary/aromatic N) is 2. The van der Waals surface area contributed by atoms with Crippen LogP contribution in [0.5, 0.6) is 0 Å². The first-order chi connectivity index (χ1) is 13.6. The molecule has 2 aromatic rings. The predicted molar refractivity (Wildman–Crippen MR) is 105 cm³/mol. The van der Waals surface area contributed by atoms with Crippen molar-refractivity contribution >= 4 is 16.9 Å². The van der Waals surface area contributed by atoms with Gasteiger partial charge in [0.1, 0.15) is 6.04 Å². The number of fused-ring (bicyclic) bond motifs is 1. The number of nitrogens with one attached hydrogen (secondary N) is 1. The third kappa shape index (κ3) is 4.46. The van der Waals surface area contributed by atoms with E-state index in [4.69, 9.17) is 0 Å². The zero-order valence-corrected chi connectivity index (χ0v) is 16.9. The summed E-state index contributed by atoms with van der Waals surface area (Å²) in [7, 11) is 0. The van der Waals surface area contributed by atoms with Crippen molar-refractivity contribution in [2.75, 3.05) is 0 Å². The molecule has 0 bridgehead atoms. The van der Waals surface area contributed by atoms with Gasteiger partial charge in [-0.25, -0.2) is 4.98 Å². The molecule has 1 aromatic carbocycles. The van der Waals surface area contributed by atoms with Crippen LogP contribution in [0, 0.1) is 13.8 Å². The van der Waals surface area contributed by atoms with Crippen molar-refractivity contribution in [1.29, 1.82) is 0 Å². The first kappa shape index (κ1) is 21.3. The van der Waals surface area contributed by atoms with E-state index in [1.165, 1.54) is 13.0 Å².